The Morgan fingerprint density at radius 1 is 1.56 bits per heavy atom. The van der Waals surface area contributed by atoms with Gasteiger partial charge in [-0.2, -0.15) is 0 Å². The lowest BCUT2D eigenvalue weighted by Gasteiger charge is -2.30. The molecule has 100 valence electrons. The molecule has 1 aliphatic rings. The van der Waals surface area contributed by atoms with E-state index in [4.69, 9.17) is 15.2 Å². The van der Waals surface area contributed by atoms with Gasteiger partial charge in [-0.15, -0.1) is 0 Å². The van der Waals surface area contributed by atoms with Crippen LogP contribution in [0.5, 0.6) is 5.75 Å². The number of nitrogens with two attached hydrogens (primary N) is 1. The average molecular weight is 253 g/mol. The summed E-state index contributed by atoms with van der Waals surface area (Å²) in [5.74, 6) is -0.0509. The highest BCUT2D eigenvalue weighted by molar-refractivity contribution is 5.30. The van der Waals surface area contributed by atoms with Crippen molar-refractivity contribution in [3.8, 4) is 5.75 Å². The number of benzene rings is 1. The first-order valence-electron chi connectivity index (χ1n) is 6.25. The van der Waals surface area contributed by atoms with Crippen LogP contribution in [0.1, 0.15) is 18.9 Å². The number of ether oxygens (including phenoxy) is 2. The van der Waals surface area contributed by atoms with Gasteiger partial charge in [0.25, 0.3) is 0 Å². The molecule has 18 heavy (non-hydrogen) atoms. The second kappa shape index (κ2) is 5.24. The van der Waals surface area contributed by atoms with Crippen molar-refractivity contribution < 1.29 is 13.9 Å². The fourth-order valence-corrected chi connectivity index (χ4v) is 2.62. The smallest absolute Gasteiger partial charge is 0.165 e. The summed E-state index contributed by atoms with van der Waals surface area (Å²) in [6, 6.07) is 5.08. The molecule has 0 aromatic heterocycles. The third-order valence-electron chi connectivity index (χ3n) is 4.01. The van der Waals surface area contributed by atoms with Gasteiger partial charge in [0.2, 0.25) is 0 Å². The zero-order valence-corrected chi connectivity index (χ0v) is 10.9. The van der Waals surface area contributed by atoms with Crippen molar-refractivity contribution >= 4 is 0 Å². The van der Waals surface area contributed by atoms with Gasteiger partial charge in [0, 0.05) is 18.6 Å². The highest BCUT2D eigenvalue weighted by Gasteiger charge is 2.40. The van der Waals surface area contributed by atoms with E-state index in [-0.39, 0.29) is 23.1 Å². The number of methoxy groups -OCH3 is 1. The third-order valence-corrected chi connectivity index (χ3v) is 4.01. The third kappa shape index (κ3) is 2.35. The van der Waals surface area contributed by atoms with Crippen molar-refractivity contribution in [2.75, 3.05) is 20.3 Å². The van der Waals surface area contributed by atoms with Crippen LogP contribution >= 0.6 is 0 Å². The zero-order valence-electron chi connectivity index (χ0n) is 10.9. The summed E-state index contributed by atoms with van der Waals surface area (Å²) in [7, 11) is 1.46. The predicted molar refractivity (Wildman–Crippen MR) is 68.2 cm³/mol. The monoisotopic (exact) mass is 253 g/mol. The molecule has 0 radical (unpaired) electrons. The van der Waals surface area contributed by atoms with E-state index in [0.29, 0.717) is 6.54 Å². The standard InChI is InChI=1S/C14H20FNO2/c1-10-14(9-16,5-6-18-10)8-11-3-4-13(17-2)12(15)7-11/h3-4,7,10H,5-6,8-9,16H2,1-2H3. The molecule has 2 rings (SSSR count). The van der Waals surface area contributed by atoms with E-state index in [1.807, 2.05) is 13.0 Å². The van der Waals surface area contributed by atoms with Crippen LogP contribution < -0.4 is 10.5 Å². The van der Waals surface area contributed by atoms with Crippen molar-refractivity contribution in [3.63, 3.8) is 0 Å². The molecule has 1 heterocycles. The van der Waals surface area contributed by atoms with Crippen LogP contribution in [0.2, 0.25) is 0 Å². The SMILES string of the molecule is COc1ccc(CC2(CN)CCOC2C)cc1F. The Hall–Kier alpha value is -1.13. The molecule has 0 saturated carbocycles. The Morgan fingerprint density at radius 3 is 2.83 bits per heavy atom. The van der Waals surface area contributed by atoms with Crippen LogP contribution in [0.15, 0.2) is 18.2 Å². The number of halogens is 1. The van der Waals surface area contributed by atoms with Crippen LogP contribution in [0.25, 0.3) is 0 Å². The Labute approximate surface area is 107 Å². The van der Waals surface area contributed by atoms with Gasteiger partial charge in [0.05, 0.1) is 13.2 Å². The van der Waals surface area contributed by atoms with E-state index < -0.39 is 0 Å². The molecule has 1 saturated heterocycles. The van der Waals surface area contributed by atoms with Crippen molar-refractivity contribution in [1.82, 2.24) is 0 Å². The molecular formula is C14H20FNO2. The lowest BCUT2D eigenvalue weighted by Crippen LogP contribution is -2.38. The van der Waals surface area contributed by atoms with E-state index in [9.17, 15) is 4.39 Å². The van der Waals surface area contributed by atoms with Gasteiger partial charge in [-0.05, 0) is 37.5 Å². The van der Waals surface area contributed by atoms with Gasteiger partial charge in [-0.3, -0.25) is 0 Å². The number of rotatable bonds is 4. The summed E-state index contributed by atoms with van der Waals surface area (Å²) < 4.78 is 24.2. The van der Waals surface area contributed by atoms with Gasteiger partial charge in [0.1, 0.15) is 0 Å². The molecule has 2 atom stereocenters. The maximum absolute atomic E-state index is 13.7. The second-order valence-corrected chi connectivity index (χ2v) is 4.98. The van der Waals surface area contributed by atoms with Gasteiger partial charge in [-0.1, -0.05) is 6.07 Å². The summed E-state index contributed by atoms with van der Waals surface area (Å²) in [4.78, 5) is 0. The Morgan fingerprint density at radius 2 is 2.33 bits per heavy atom. The van der Waals surface area contributed by atoms with Crippen LogP contribution in [0, 0.1) is 11.2 Å². The van der Waals surface area contributed by atoms with Crippen LogP contribution in [-0.4, -0.2) is 26.4 Å². The molecule has 1 aromatic rings. The van der Waals surface area contributed by atoms with Crippen LogP contribution in [0.4, 0.5) is 4.39 Å². The average Bonchev–Trinajstić information content (AvgIpc) is 2.72. The van der Waals surface area contributed by atoms with E-state index in [1.54, 1.807) is 6.07 Å². The summed E-state index contributed by atoms with van der Waals surface area (Å²) in [6.07, 6.45) is 1.79. The topological polar surface area (TPSA) is 44.5 Å². The molecule has 1 aliphatic heterocycles. The fraction of sp³-hybridized carbons (Fsp3) is 0.571. The van der Waals surface area contributed by atoms with E-state index in [1.165, 1.54) is 13.2 Å². The molecule has 1 aromatic carbocycles. The Balaban J connectivity index is 2.20. The summed E-state index contributed by atoms with van der Waals surface area (Å²) >= 11 is 0. The minimum Gasteiger partial charge on any atom is -0.494 e. The molecule has 3 nitrogen and oxygen atoms in total. The molecule has 2 unspecified atom stereocenters. The van der Waals surface area contributed by atoms with Gasteiger partial charge in [-0.25, -0.2) is 4.39 Å². The van der Waals surface area contributed by atoms with Gasteiger partial charge < -0.3 is 15.2 Å². The molecule has 0 spiro atoms. The summed E-state index contributed by atoms with van der Waals surface area (Å²) in [5, 5.41) is 0. The Kier molecular flexibility index (Phi) is 3.88. The first kappa shape index (κ1) is 13.3. The largest absolute Gasteiger partial charge is 0.494 e. The molecule has 2 N–H and O–H groups in total. The first-order chi connectivity index (χ1) is 8.61. The van der Waals surface area contributed by atoms with E-state index >= 15 is 0 Å². The van der Waals surface area contributed by atoms with Crippen LogP contribution in [-0.2, 0) is 11.2 Å². The minimum absolute atomic E-state index is 0.0684. The maximum atomic E-state index is 13.7. The van der Waals surface area contributed by atoms with E-state index in [0.717, 1.165) is 25.0 Å². The zero-order chi connectivity index (χ0) is 13.2. The molecule has 0 amide bonds. The minimum atomic E-state index is -0.325. The molecule has 0 aliphatic carbocycles. The quantitative estimate of drug-likeness (QED) is 0.894. The van der Waals surface area contributed by atoms with E-state index in [2.05, 4.69) is 0 Å². The highest BCUT2D eigenvalue weighted by Crippen LogP contribution is 2.37. The summed E-state index contributed by atoms with van der Waals surface area (Å²) in [5.41, 5.74) is 6.78. The molecule has 4 heteroatoms. The lowest BCUT2D eigenvalue weighted by atomic mass is 9.76. The highest BCUT2D eigenvalue weighted by atomic mass is 19.1. The van der Waals surface area contributed by atoms with Crippen molar-refractivity contribution in [2.24, 2.45) is 11.1 Å². The van der Waals surface area contributed by atoms with Crippen molar-refractivity contribution in [1.29, 1.82) is 0 Å². The number of hydrogen-bond acceptors (Lipinski definition) is 3. The first-order valence-corrected chi connectivity index (χ1v) is 6.25. The van der Waals surface area contributed by atoms with Gasteiger partial charge in [0.15, 0.2) is 11.6 Å². The maximum Gasteiger partial charge on any atom is 0.165 e. The van der Waals surface area contributed by atoms with Crippen molar-refractivity contribution in [3.05, 3.63) is 29.6 Å². The molecule has 0 bridgehead atoms. The van der Waals surface area contributed by atoms with Gasteiger partial charge >= 0.3 is 0 Å². The number of hydrogen-bond donors (Lipinski definition) is 1. The van der Waals surface area contributed by atoms with Crippen molar-refractivity contribution in [2.45, 2.75) is 25.9 Å². The van der Waals surface area contributed by atoms with Crippen LogP contribution in [0.3, 0.4) is 0 Å². The predicted octanol–water partition coefficient (Wildman–Crippen LogP) is 2.13. The molecule has 1 fully saturated rings. The normalized spacial score (nSPS) is 27.4. The lowest BCUT2D eigenvalue weighted by molar-refractivity contribution is 0.0673. The second-order valence-electron chi connectivity index (χ2n) is 4.98. The Bertz CT molecular complexity index is 424. The fourth-order valence-electron chi connectivity index (χ4n) is 2.62. The molecular weight excluding hydrogens is 233 g/mol. The summed E-state index contributed by atoms with van der Waals surface area (Å²) in [6.45, 7) is 3.33.